The Morgan fingerprint density at radius 3 is 2.75 bits per heavy atom. The summed E-state index contributed by atoms with van der Waals surface area (Å²) in [5.41, 5.74) is 0. The highest BCUT2D eigenvalue weighted by Gasteiger charge is 2.19. The van der Waals surface area contributed by atoms with E-state index in [4.69, 9.17) is 9.52 Å². The van der Waals surface area contributed by atoms with E-state index in [-0.39, 0.29) is 17.4 Å². The van der Waals surface area contributed by atoms with Crippen LogP contribution in [0.4, 0.5) is 0 Å². The maximum atomic E-state index is 11.8. The quantitative estimate of drug-likeness (QED) is 0.803. The maximum Gasteiger partial charge on any atom is 0.373 e. The number of likely N-dealkylation sites (tertiary alicyclic amines) is 1. The Morgan fingerprint density at radius 1 is 1.45 bits per heavy atom. The molecular weight excluding hydrogens is 260 g/mol. The minimum absolute atomic E-state index is 0.0919. The summed E-state index contributed by atoms with van der Waals surface area (Å²) in [5, 5.41) is 8.70. The zero-order valence-electron chi connectivity index (χ0n) is 11.7. The summed E-state index contributed by atoms with van der Waals surface area (Å²) >= 11 is 0. The Labute approximate surface area is 117 Å². The van der Waals surface area contributed by atoms with Crippen molar-refractivity contribution in [2.24, 2.45) is 5.92 Å². The number of nitrogens with zero attached hydrogens (tertiary/aromatic N) is 2. The third kappa shape index (κ3) is 3.90. The van der Waals surface area contributed by atoms with Gasteiger partial charge in [0.2, 0.25) is 11.5 Å². The molecule has 0 radical (unpaired) electrons. The SMILES string of the molecule is CN1CCC(CCCC(=O)c2ncc(C(=O)O)o2)CC1. The standard InChI is InChI=1S/C14H20N2O4/c1-16-7-5-10(6-8-16)3-2-4-11(17)13-15-9-12(20-13)14(18)19/h9-10H,2-8H2,1H3,(H,18,19). The number of carbonyl (C=O) groups is 2. The average molecular weight is 280 g/mol. The predicted molar refractivity (Wildman–Crippen MR) is 71.9 cm³/mol. The van der Waals surface area contributed by atoms with E-state index in [0.29, 0.717) is 12.3 Å². The average Bonchev–Trinajstić information content (AvgIpc) is 2.91. The number of carbonyl (C=O) groups excluding carboxylic acids is 1. The second-order valence-electron chi connectivity index (χ2n) is 5.40. The fourth-order valence-electron chi connectivity index (χ4n) is 2.51. The zero-order valence-corrected chi connectivity index (χ0v) is 11.7. The molecule has 0 aromatic carbocycles. The van der Waals surface area contributed by atoms with Crippen LogP contribution in [0.1, 0.15) is 53.3 Å². The summed E-state index contributed by atoms with van der Waals surface area (Å²) in [5.74, 6) is -1.11. The predicted octanol–water partition coefficient (Wildman–Crippen LogP) is 2.07. The number of Topliss-reactive ketones (excluding diaryl/α,β-unsaturated/α-hetero) is 1. The Balaban J connectivity index is 1.73. The van der Waals surface area contributed by atoms with Gasteiger partial charge in [0, 0.05) is 6.42 Å². The molecule has 1 aromatic rings. The van der Waals surface area contributed by atoms with Crippen LogP contribution in [0.15, 0.2) is 10.6 Å². The van der Waals surface area contributed by atoms with Crippen molar-refractivity contribution in [3.63, 3.8) is 0 Å². The first kappa shape index (κ1) is 14.7. The molecule has 0 amide bonds. The summed E-state index contributed by atoms with van der Waals surface area (Å²) < 4.78 is 4.90. The molecule has 0 aliphatic carbocycles. The van der Waals surface area contributed by atoms with Gasteiger partial charge in [0.1, 0.15) is 0 Å². The fourth-order valence-corrected chi connectivity index (χ4v) is 2.51. The van der Waals surface area contributed by atoms with Gasteiger partial charge in [-0.1, -0.05) is 0 Å². The van der Waals surface area contributed by atoms with Crippen molar-refractivity contribution in [2.75, 3.05) is 20.1 Å². The van der Waals surface area contributed by atoms with Crippen LogP contribution in [-0.2, 0) is 0 Å². The molecule has 0 bridgehead atoms. The molecule has 0 spiro atoms. The maximum absolute atomic E-state index is 11.8. The lowest BCUT2D eigenvalue weighted by Crippen LogP contribution is -2.30. The van der Waals surface area contributed by atoms with Crippen LogP contribution in [0.2, 0.25) is 0 Å². The lowest BCUT2D eigenvalue weighted by Gasteiger charge is -2.28. The summed E-state index contributed by atoms with van der Waals surface area (Å²) in [6.07, 6.45) is 5.65. The van der Waals surface area contributed by atoms with Crippen molar-refractivity contribution >= 4 is 11.8 Å². The molecule has 0 unspecified atom stereocenters. The minimum atomic E-state index is -1.21. The van der Waals surface area contributed by atoms with E-state index < -0.39 is 5.97 Å². The first-order valence-electron chi connectivity index (χ1n) is 6.97. The monoisotopic (exact) mass is 280 g/mol. The van der Waals surface area contributed by atoms with E-state index in [1.165, 1.54) is 12.8 Å². The van der Waals surface area contributed by atoms with Crippen molar-refractivity contribution in [3.8, 4) is 0 Å². The Morgan fingerprint density at radius 2 is 2.15 bits per heavy atom. The van der Waals surface area contributed by atoms with E-state index in [1.807, 2.05) is 0 Å². The molecular formula is C14H20N2O4. The van der Waals surface area contributed by atoms with Crippen LogP contribution in [0.5, 0.6) is 0 Å². The lowest BCUT2D eigenvalue weighted by molar-refractivity contribution is 0.0660. The lowest BCUT2D eigenvalue weighted by atomic mass is 9.91. The number of oxazole rings is 1. The highest BCUT2D eigenvalue weighted by Crippen LogP contribution is 2.22. The molecule has 6 nitrogen and oxygen atoms in total. The highest BCUT2D eigenvalue weighted by molar-refractivity contribution is 5.93. The van der Waals surface area contributed by atoms with Crippen LogP contribution >= 0.6 is 0 Å². The van der Waals surface area contributed by atoms with Crippen molar-refractivity contribution in [1.29, 1.82) is 0 Å². The van der Waals surface area contributed by atoms with E-state index >= 15 is 0 Å². The number of hydrogen-bond donors (Lipinski definition) is 1. The summed E-state index contributed by atoms with van der Waals surface area (Å²) in [6.45, 7) is 2.25. The number of piperidine rings is 1. The van der Waals surface area contributed by atoms with E-state index in [2.05, 4.69) is 16.9 Å². The molecule has 1 aliphatic rings. The highest BCUT2D eigenvalue weighted by atomic mass is 16.4. The third-order valence-electron chi connectivity index (χ3n) is 3.81. The first-order valence-corrected chi connectivity index (χ1v) is 6.97. The van der Waals surface area contributed by atoms with Gasteiger partial charge in [-0.3, -0.25) is 4.79 Å². The number of carboxylic acid groups (broad SMARTS) is 1. The van der Waals surface area contributed by atoms with Gasteiger partial charge in [-0.25, -0.2) is 9.78 Å². The Hall–Kier alpha value is -1.69. The zero-order chi connectivity index (χ0) is 14.5. The topological polar surface area (TPSA) is 83.6 Å². The van der Waals surface area contributed by atoms with E-state index in [1.54, 1.807) is 0 Å². The van der Waals surface area contributed by atoms with Gasteiger partial charge in [-0.15, -0.1) is 0 Å². The van der Waals surface area contributed by atoms with Crippen LogP contribution in [0.25, 0.3) is 0 Å². The number of aromatic nitrogens is 1. The van der Waals surface area contributed by atoms with Gasteiger partial charge < -0.3 is 14.4 Å². The summed E-state index contributed by atoms with van der Waals surface area (Å²) in [6, 6.07) is 0. The number of rotatable bonds is 6. The number of carboxylic acids is 1. The van der Waals surface area contributed by atoms with Gasteiger partial charge in [-0.05, 0) is 51.7 Å². The van der Waals surface area contributed by atoms with Gasteiger partial charge in [0.05, 0.1) is 6.20 Å². The first-order chi connectivity index (χ1) is 9.56. The molecule has 2 heterocycles. The fraction of sp³-hybridized carbons (Fsp3) is 0.643. The van der Waals surface area contributed by atoms with Gasteiger partial charge >= 0.3 is 5.97 Å². The number of aromatic carboxylic acids is 1. The van der Waals surface area contributed by atoms with Gasteiger partial charge in [-0.2, -0.15) is 0 Å². The molecule has 0 saturated carbocycles. The molecule has 1 aliphatic heterocycles. The van der Waals surface area contributed by atoms with Crippen molar-refractivity contribution in [3.05, 3.63) is 17.8 Å². The van der Waals surface area contributed by atoms with E-state index in [9.17, 15) is 9.59 Å². The molecule has 1 fully saturated rings. The Kier molecular flexibility index (Phi) is 4.89. The molecule has 0 atom stereocenters. The molecule has 20 heavy (non-hydrogen) atoms. The van der Waals surface area contributed by atoms with Crippen molar-refractivity contribution < 1.29 is 19.1 Å². The van der Waals surface area contributed by atoms with Crippen molar-refractivity contribution in [1.82, 2.24) is 9.88 Å². The normalized spacial score (nSPS) is 17.2. The van der Waals surface area contributed by atoms with Gasteiger partial charge in [0.25, 0.3) is 5.89 Å². The van der Waals surface area contributed by atoms with Crippen LogP contribution < -0.4 is 0 Å². The molecule has 1 aromatic heterocycles. The van der Waals surface area contributed by atoms with Gasteiger partial charge in [0.15, 0.2) is 0 Å². The molecule has 110 valence electrons. The smallest absolute Gasteiger partial charge is 0.373 e. The molecule has 2 rings (SSSR count). The summed E-state index contributed by atoms with van der Waals surface area (Å²) in [7, 11) is 2.13. The number of hydrogen-bond acceptors (Lipinski definition) is 5. The molecule has 6 heteroatoms. The van der Waals surface area contributed by atoms with Crippen LogP contribution in [-0.4, -0.2) is 46.9 Å². The van der Waals surface area contributed by atoms with E-state index in [0.717, 1.165) is 32.1 Å². The summed E-state index contributed by atoms with van der Waals surface area (Å²) in [4.78, 5) is 28.5. The third-order valence-corrected chi connectivity index (χ3v) is 3.81. The second kappa shape index (κ2) is 6.65. The minimum Gasteiger partial charge on any atom is -0.475 e. The van der Waals surface area contributed by atoms with Crippen LogP contribution in [0, 0.1) is 5.92 Å². The Bertz CT molecular complexity index is 475. The number of ketones is 1. The van der Waals surface area contributed by atoms with Crippen molar-refractivity contribution in [2.45, 2.75) is 32.1 Å². The largest absolute Gasteiger partial charge is 0.475 e. The molecule has 1 N–H and O–H groups in total. The molecule has 1 saturated heterocycles. The van der Waals surface area contributed by atoms with Crippen LogP contribution in [0.3, 0.4) is 0 Å². The second-order valence-corrected chi connectivity index (χ2v) is 5.40.